The minimum Gasteiger partial charge on any atom is -0.496 e. The van der Waals surface area contributed by atoms with E-state index in [1.54, 1.807) is 33.5 Å². The summed E-state index contributed by atoms with van der Waals surface area (Å²) in [7, 11) is 4.64. The van der Waals surface area contributed by atoms with Crippen LogP contribution >= 0.6 is 0 Å². The summed E-state index contributed by atoms with van der Waals surface area (Å²) in [5.74, 6) is 1.52. The Morgan fingerprint density at radius 1 is 1.00 bits per heavy atom. The summed E-state index contributed by atoms with van der Waals surface area (Å²) < 4.78 is 28.3. The van der Waals surface area contributed by atoms with Crippen molar-refractivity contribution < 1.29 is 23.4 Å². The lowest BCUT2D eigenvalue weighted by Gasteiger charge is -2.33. The van der Waals surface area contributed by atoms with Crippen molar-refractivity contribution in [3.05, 3.63) is 51.4 Å². The van der Waals surface area contributed by atoms with Gasteiger partial charge in [-0.25, -0.2) is 0 Å². The highest BCUT2D eigenvalue weighted by molar-refractivity contribution is 5.74. The summed E-state index contributed by atoms with van der Waals surface area (Å²) >= 11 is 0. The third kappa shape index (κ3) is 3.23. The molecule has 0 spiro atoms. The van der Waals surface area contributed by atoms with Crippen LogP contribution in [0.1, 0.15) is 20.3 Å². The van der Waals surface area contributed by atoms with E-state index in [9.17, 15) is 4.79 Å². The highest BCUT2D eigenvalue weighted by atomic mass is 16.5. The van der Waals surface area contributed by atoms with Crippen LogP contribution in [-0.4, -0.2) is 33.0 Å². The lowest BCUT2D eigenvalue weighted by molar-refractivity contribution is -0.0158. The molecule has 6 nitrogen and oxygen atoms in total. The van der Waals surface area contributed by atoms with Gasteiger partial charge < -0.3 is 23.4 Å². The van der Waals surface area contributed by atoms with E-state index in [1.165, 1.54) is 6.26 Å². The number of fused-ring (bicyclic) bond motifs is 2. The Bertz CT molecular complexity index is 1170. The minimum atomic E-state index is -0.341. The molecular formula is C23H24O6. The summed E-state index contributed by atoms with van der Waals surface area (Å²) in [6, 6.07) is 3.42. The summed E-state index contributed by atoms with van der Waals surface area (Å²) in [5, 5.41) is 0.540. The average molecular weight is 396 g/mol. The summed E-state index contributed by atoms with van der Waals surface area (Å²) in [4.78, 5) is 13.3. The van der Waals surface area contributed by atoms with Crippen molar-refractivity contribution in [3.63, 3.8) is 0 Å². The van der Waals surface area contributed by atoms with Gasteiger partial charge >= 0.3 is 0 Å². The van der Waals surface area contributed by atoms with Crippen molar-refractivity contribution in [2.75, 3.05) is 21.3 Å². The van der Waals surface area contributed by atoms with Gasteiger partial charge in [0.2, 0.25) is 0 Å². The first-order chi connectivity index (χ1) is 13.9. The Morgan fingerprint density at radius 2 is 1.69 bits per heavy atom. The van der Waals surface area contributed by atoms with E-state index in [0.29, 0.717) is 45.4 Å². The summed E-state index contributed by atoms with van der Waals surface area (Å²) in [6.45, 7) is 4.02. The maximum atomic E-state index is 13.3. The van der Waals surface area contributed by atoms with Gasteiger partial charge in [-0.1, -0.05) is 18.2 Å². The molecule has 4 rings (SSSR count). The molecule has 1 aliphatic heterocycles. The molecule has 152 valence electrons. The SMILES string of the molecule is COc1cc(OC)c(-c2coc3c(c2=O)=CCC2OC(C)(C)C=CC=32)cc1OC. The molecule has 6 heteroatoms. The Morgan fingerprint density at radius 3 is 2.38 bits per heavy atom. The van der Waals surface area contributed by atoms with Gasteiger partial charge in [-0.15, -0.1) is 0 Å². The van der Waals surface area contributed by atoms with E-state index in [0.717, 1.165) is 5.57 Å². The molecule has 1 aliphatic carbocycles. The Kier molecular flexibility index (Phi) is 4.74. The normalized spacial score (nSPS) is 19.1. The average Bonchev–Trinajstić information content (AvgIpc) is 2.72. The number of hydrogen-bond acceptors (Lipinski definition) is 6. The highest BCUT2D eigenvalue weighted by Crippen LogP contribution is 2.39. The molecule has 0 radical (unpaired) electrons. The zero-order valence-electron chi connectivity index (χ0n) is 17.2. The fraction of sp³-hybridized carbons (Fsp3) is 0.348. The number of methoxy groups -OCH3 is 3. The number of rotatable bonds is 4. The molecule has 1 aromatic heterocycles. The fourth-order valence-electron chi connectivity index (χ4n) is 3.81. The molecule has 2 heterocycles. The summed E-state index contributed by atoms with van der Waals surface area (Å²) in [6.07, 6.45) is 7.85. The molecule has 0 amide bonds. The predicted molar refractivity (Wildman–Crippen MR) is 110 cm³/mol. The molecule has 0 N–H and O–H groups in total. The van der Waals surface area contributed by atoms with E-state index < -0.39 is 0 Å². The molecule has 0 saturated heterocycles. The Labute approximate surface area is 168 Å². The maximum absolute atomic E-state index is 13.3. The van der Waals surface area contributed by atoms with Gasteiger partial charge in [-0.05, 0) is 26.3 Å². The minimum absolute atomic E-state index is 0.118. The predicted octanol–water partition coefficient (Wildman–Crippen LogP) is 2.40. The monoisotopic (exact) mass is 396 g/mol. The molecule has 0 fully saturated rings. The second kappa shape index (κ2) is 7.12. The van der Waals surface area contributed by atoms with Crippen LogP contribution in [0.15, 0.2) is 39.8 Å². The van der Waals surface area contributed by atoms with Gasteiger partial charge in [0.15, 0.2) is 16.9 Å². The van der Waals surface area contributed by atoms with E-state index in [2.05, 4.69) is 0 Å². The Balaban J connectivity index is 1.94. The van der Waals surface area contributed by atoms with Crippen LogP contribution in [0.25, 0.3) is 22.8 Å². The second-order valence-corrected chi connectivity index (χ2v) is 7.57. The lowest BCUT2D eigenvalue weighted by Crippen LogP contribution is -2.47. The maximum Gasteiger partial charge on any atom is 0.200 e. The molecule has 29 heavy (non-hydrogen) atoms. The van der Waals surface area contributed by atoms with Gasteiger partial charge in [-0.2, -0.15) is 0 Å². The van der Waals surface area contributed by atoms with Crippen LogP contribution in [0.5, 0.6) is 17.2 Å². The zero-order valence-corrected chi connectivity index (χ0v) is 17.2. The first-order valence-electron chi connectivity index (χ1n) is 9.42. The van der Waals surface area contributed by atoms with E-state index in [-0.39, 0.29) is 17.1 Å². The quantitative estimate of drug-likeness (QED) is 0.791. The van der Waals surface area contributed by atoms with Crippen molar-refractivity contribution in [1.82, 2.24) is 0 Å². The third-order valence-electron chi connectivity index (χ3n) is 5.28. The van der Waals surface area contributed by atoms with Crippen LogP contribution in [-0.2, 0) is 4.74 Å². The molecule has 2 aromatic rings. The van der Waals surface area contributed by atoms with E-state index >= 15 is 0 Å². The van der Waals surface area contributed by atoms with Crippen LogP contribution in [0.4, 0.5) is 0 Å². The number of benzene rings is 1. The molecule has 0 bridgehead atoms. The van der Waals surface area contributed by atoms with Crippen molar-refractivity contribution in [2.45, 2.75) is 32.0 Å². The van der Waals surface area contributed by atoms with Gasteiger partial charge in [0, 0.05) is 17.2 Å². The lowest BCUT2D eigenvalue weighted by atomic mass is 9.93. The van der Waals surface area contributed by atoms with Gasteiger partial charge in [-0.3, -0.25) is 4.79 Å². The topological polar surface area (TPSA) is 67.1 Å². The van der Waals surface area contributed by atoms with Crippen molar-refractivity contribution in [2.24, 2.45) is 0 Å². The first-order valence-corrected chi connectivity index (χ1v) is 9.42. The number of hydrogen-bond donors (Lipinski definition) is 0. The standard InChI is InChI=1S/C23H24O6/c1-23(2)9-8-13-17(29-23)7-6-14-21(24)16(12-28-22(13)14)15-10-19(26-4)20(27-5)11-18(15)25-3/h6,8-12,17H,7H2,1-5H3. The molecule has 0 saturated carbocycles. The van der Waals surface area contributed by atoms with Crippen molar-refractivity contribution in [3.8, 4) is 28.4 Å². The summed E-state index contributed by atoms with van der Waals surface area (Å²) in [5.41, 5.74) is 1.97. The first kappa shape index (κ1) is 19.3. The van der Waals surface area contributed by atoms with Gasteiger partial charge in [0.05, 0.1) is 43.8 Å². The third-order valence-corrected chi connectivity index (χ3v) is 5.28. The zero-order chi connectivity index (χ0) is 20.8. The highest BCUT2D eigenvalue weighted by Gasteiger charge is 2.30. The number of ether oxygens (including phenoxy) is 4. The van der Waals surface area contributed by atoms with Gasteiger partial charge in [0.1, 0.15) is 17.4 Å². The fourth-order valence-corrected chi connectivity index (χ4v) is 3.81. The largest absolute Gasteiger partial charge is 0.496 e. The van der Waals surface area contributed by atoms with E-state index in [1.807, 2.05) is 32.1 Å². The van der Waals surface area contributed by atoms with Crippen LogP contribution < -0.4 is 30.3 Å². The molecule has 1 atom stereocenters. The van der Waals surface area contributed by atoms with Gasteiger partial charge in [0.25, 0.3) is 0 Å². The van der Waals surface area contributed by atoms with Crippen LogP contribution in [0.3, 0.4) is 0 Å². The van der Waals surface area contributed by atoms with Crippen molar-refractivity contribution in [1.29, 1.82) is 0 Å². The Hall–Kier alpha value is -2.99. The van der Waals surface area contributed by atoms with Crippen LogP contribution in [0, 0.1) is 0 Å². The molecule has 1 aromatic carbocycles. The smallest absolute Gasteiger partial charge is 0.200 e. The second-order valence-electron chi connectivity index (χ2n) is 7.57. The molecule has 1 unspecified atom stereocenters. The van der Waals surface area contributed by atoms with Crippen molar-refractivity contribution >= 4 is 11.6 Å². The molecular weight excluding hydrogens is 372 g/mol. The van der Waals surface area contributed by atoms with E-state index in [4.69, 9.17) is 23.4 Å². The molecule has 2 aliphatic rings. The van der Waals surface area contributed by atoms with Crippen LogP contribution in [0.2, 0.25) is 0 Å².